The van der Waals surface area contributed by atoms with Crippen LogP contribution in [0.4, 0.5) is 26.3 Å². The monoisotopic (exact) mass is 590 g/mol. The van der Waals surface area contributed by atoms with Gasteiger partial charge >= 0.3 is 12.4 Å². The number of hydrogen-bond donors (Lipinski definition) is 1. The third-order valence-electron chi connectivity index (χ3n) is 4.74. The summed E-state index contributed by atoms with van der Waals surface area (Å²) in [5, 5.41) is 9.84. The van der Waals surface area contributed by atoms with Crippen LogP contribution in [0.15, 0.2) is 49.3 Å². The highest BCUT2D eigenvalue weighted by Gasteiger charge is 2.35. The van der Waals surface area contributed by atoms with Gasteiger partial charge in [-0.05, 0) is 19.1 Å². The first kappa shape index (κ1) is 29.8. The average molecular weight is 591 g/mol. The first-order valence-electron chi connectivity index (χ1n) is 10.4. The minimum absolute atomic E-state index is 0.153. The maximum Gasteiger partial charge on any atom is 0.451 e. The number of carbonyl (C=O) groups excluding carboxylic acids is 1. The van der Waals surface area contributed by atoms with Crippen LogP contribution >= 0.6 is 23.2 Å². The number of halogens is 8. The second-order valence-electron chi connectivity index (χ2n) is 7.56. The van der Waals surface area contributed by atoms with Gasteiger partial charge in [-0.3, -0.25) is 14.8 Å². The molecule has 1 unspecified atom stereocenters. The first-order chi connectivity index (χ1) is 18.2. The van der Waals surface area contributed by atoms with Crippen LogP contribution in [0, 0.1) is 0 Å². The lowest BCUT2D eigenvalue weighted by Crippen LogP contribution is -2.10. The van der Waals surface area contributed by atoms with E-state index in [2.05, 4.69) is 29.9 Å². The van der Waals surface area contributed by atoms with Crippen molar-refractivity contribution in [3.8, 4) is 22.5 Å². The van der Waals surface area contributed by atoms with Crippen molar-refractivity contribution < 1.29 is 36.2 Å². The Labute approximate surface area is 225 Å². The summed E-state index contributed by atoms with van der Waals surface area (Å²) in [5.74, 6) is -2.44. The lowest BCUT2D eigenvalue weighted by Gasteiger charge is -2.09. The molecule has 0 saturated carbocycles. The van der Waals surface area contributed by atoms with Gasteiger partial charge in [-0.25, -0.2) is 19.9 Å². The number of hydrogen-bond acceptors (Lipinski definition) is 8. The van der Waals surface area contributed by atoms with E-state index in [1.165, 1.54) is 31.5 Å². The summed E-state index contributed by atoms with van der Waals surface area (Å²) in [5.41, 5.74) is 1.81. The molecule has 4 rings (SSSR count). The predicted molar refractivity (Wildman–Crippen MR) is 127 cm³/mol. The largest absolute Gasteiger partial charge is 0.451 e. The van der Waals surface area contributed by atoms with Crippen molar-refractivity contribution in [1.29, 1.82) is 0 Å². The van der Waals surface area contributed by atoms with Crippen molar-refractivity contribution in [3.63, 3.8) is 0 Å². The predicted octanol–water partition coefficient (Wildman–Crippen LogP) is 6.29. The molecule has 16 heteroatoms. The average Bonchev–Trinajstić information content (AvgIpc) is 2.88. The molecule has 0 aliphatic heterocycles. The summed E-state index contributed by atoms with van der Waals surface area (Å²) < 4.78 is 73.9. The second-order valence-corrected chi connectivity index (χ2v) is 8.38. The fraction of sp³-hybridized carbons (Fsp3) is 0.174. The number of aliphatic hydroxyl groups excluding tert-OH is 1. The normalized spacial score (nSPS) is 12.4. The molecule has 0 bridgehead atoms. The highest BCUT2D eigenvalue weighted by Crippen LogP contribution is 2.29. The van der Waals surface area contributed by atoms with E-state index in [1.54, 1.807) is 0 Å². The number of aliphatic hydroxyl groups is 1. The summed E-state index contributed by atoms with van der Waals surface area (Å²) in [6, 6.07) is 2.80. The molecule has 0 saturated heterocycles. The Balaban J connectivity index is 0.000000216. The zero-order valence-electron chi connectivity index (χ0n) is 19.3. The first-order valence-corrected chi connectivity index (χ1v) is 11.2. The van der Waals surface area contributed by atoms with Crippen LogP contribution in [0.3, 0.4) is 0 Å². The van der Waals surface area contributed by atoms with E-state index in [1.807, 2.05) is 0 Å². The maximum atomic E-state index is 12.3. The second kappa shape index (κ2) is 12.0. The van der Waals surface area contributed by atoms with E-state index < -0.39 is 30.1 Å². The van der Waals surface area contributed by atoms with Crippen molar-refractivity contribution in [3.05, 3.63) is 82.1 Å². The third-order valence-corrected chi connectivity index (χ3v) is 5.40. The topological polar surface area (TPSA) is 115 Å². The molecule has 4 aromatic heterocycles. The smallest absolute Gasteiger partial charge is 0.389 e. The molecular weight excluding hydrogens is 577 g/mol. The summed E-state index contributed by atoms with van der Waals surface area (Å²) >= 11 is 11.7. The molecule has 0 aliphatic rings. The molecule has 8 nitrogen and oxygen atoms in total. The molecular formula is C23H14Cl2F6N6O2. The molecule has 4 aromatic rings. The van der Waals surface area contributed by atoms with E-state index in [0.29, 0.717) is 23.1 Å². The van der Waals surface area contributed by atoms with Crippen LogP contribution < -0.4 is 0 Å². The minimum atomic E-state index is -4.59. The third kappa shape index (κ3) is 7.65. The molecule has 204 valence electrons. The van der Waals surface area contributed by atoms with Crippen molar-refractivity contribution in [1.82, 2.24) is 29.9 Å². The number of pyridine rings is 2. The molecule has 39 heavy (non-hydrogen) atoms. The molecule has 0 radical (unpaired) electrons. The number of carbonyl (C=O) groups is 1. The Hall–Kier alpha value is -3.75. The minimum Gasteiger partial charge on any atom is -0.389 e. The van der Waals surface area contributed by atoms with Crippen molar-refractivity contribution in [2.24, 2.45) is 0 Å². The van der Waals surface area contributed by atoms with Crippen molar-refractivity contribution in [2.45, 2.75) is 25.4 Å². The van der Waals surface area contributed by atoms with Gasteiger partial charge in [-0.1, -0.05) is 23.2 Å². The molecule has 1 N–H and O–H groups in total. The standard InChI is InChI=1S/C12H9ClF3N3O.C11H5ClF3N3O/c1-6(20)8-5-17-10(2-9(8)13)7-3-18-11(19-4-7)12(14,15)16;12-8-1-9(16-4-7(8)5-19)6-2-17-10(18-3-6)11(13,14)15/h2-6,20H,1H3;1-5H. The van der Waals surface area contributed by atoms with Crippen LogP contribution in [0.5, 0.6) is 0 Å². The lowest BCUT2D eigenvalue weighted by atomic mass is 10.1. The summed E-state index contributed by atoms with van der Waals surface area (Å²) in [4.78, 5) is 31.4. The van der Waals surface area contributed by atoms with Gasteiger partial charge in [-0.2, -0.15) is 26.3 Å². The number of aromatic nitrogens is 6. The number of alkyl halides is 6. The summed E-state index contributed by atoms with van der Waals surface area (Å²) in [6.45, 7) is 1.53. The van der Waals surface area contributed by atoms with E-state index in [9.17, 15) is 36.2 Å². The SMILES string of the molecule is CC(O)c1cnc(-c2cnc(C(F)(F)F)nc2)cc1Cl.O=Cc1cnc(-c2cnc(C(F)(F)F)nc2)cc1Cl. The highest BCUT2D eigenvalue weighted by molar-refractivity contribution is 6.33. The van der Waals surface area contributed by atoms with Crippen LogP contribution in [0.2, 0.25) is 10.0 Å². The summed E-state index contributed by atoms with van der Waals surface area (Å²) in [7, 11) is 0. The Morgan fingerprint density at radius 1 is 0.718 bits per heavy atom. The zero-order valence-corrected chi connectivity index (χ0v) is 20.8. The molecule has 0 aliphatic carbocycles. The van der Waals surface area contributed by atoms with E-state index in [-0.39, 0.29) is 26.9 Å². The summed E-state index contributed by atoms with van der Waals surface area (Å²) in [6.07, 6.45) is -2.81. The van der Waals surface area contributed by atoms with E-state index >= 15 is 0 Å². The Morgan fingerprint density at radius 2 is 1.13 bits per heavy atom. The van der Waals surface area contributed by atoms with Crippen LogP contribution in [0.1, 0.15) is 40.6 Å². The van der Waals surface area contributed by atoms with Crippen LogP contribution in [-0.4, -0.2) is 41.3 Å². The lowest BCUT2D eigenvalue weighted by molar-refractivity contribution is -0.145. The fourth-order valence-electron chi connectivity index (χ4n) is 2.81. The van der Waals surface area contributed by atoms with Gasteiger partial charge in [-0.15, -0.1) is 0 Å². The van der Waals surface area contributed by atoms with Gasteiger partial charge in [0.2, 0.25) is 11.6 Å². The van der Waals surface area contributed by atoms with Gasteiger partial charge in [0.15, 0.2) is 6.29 Å². The van der Waals surface area contributed by atoms with E-state index in [0.717, 1.165) is 24.8 Å². The van der Waals surface area contributed by atoms with Gasteiger partial charge in [0.05, 0.1) is 33.1 Å². The highest BCUT2D eigenvalue weighted by atomic mass is 35.5. The zero-order chi connectivity index (χ0) is 29.0. The molecule has 1 atom stereocenters. The number of nitrogens with zero attached hydrogens (tertiary/aromatic N) is 6. The Morgan fingerprint density at radius 3 is 1.46 bits per heavy atom. The van der Waals surface area contributed by atoms with Crippen LogP contribution in [-0.2, 0) is 12.4 Å². The molecule has 0 amide bonds. The van der Waals surface area contributed by atoms with Gasteiger partial charge in [0, 0.05) is 53.9 Å². The Bertz CT molecular complexity index is 1450. The quantitative estimate of drug-likeness (QED) is 0.218. The van der Waals surface area contributed by atoms with Crippen molar-refractivity contribution in [2.75, 3.05) is 0 Å². The molecule has 0 fully saturated rings. The number of aldehydes is 1. The number of rotatable bonds is 4. The maximum absolute atomic E-state index is 12.3. The molecule has 0 aromatic carbocycles. The van der Waals surface area contributed by atoms with Gasteiger partial charge in [0.25, 0.3) is 0 Å². The Kier molecular flexibility index (Phi) is 9.14. The molecule has 0 spiro atoms. The van der Waals surface area contributed by atoms with E-state index in [4.69, 9.17) is 23.2 Å². The van der Waals surface area contributed by atoms with Gasteiger partial charge in [0.1, 0.15) is 0 Å². The fourth-order valence-corrected chi connectivity index (χ4v) is 3.31. The molecule has 4 heterocycles. The van der Waals surface area contributed by atoms with Gasteiger partial charge < -0.3 is 5.11 Å². The van der Waals surface area contributed by atoms with Crippen LogP contribution in [0.25, 0.3) is 22.5 Å². The van der Waals surface area contributed by atoms with Crippen molar-refractivity contribution >= 4 is 29.5 Å².